The van der Waals surface area contributed by atoms with Crippen molar-refractivity contribution in [1.82, 2.24) is 5.32 Å². The minimum absolute atomic E-state index is 0.0590. The molecule has 7 heteroatoms. The van der Waals surface area contributed by atoms with Gasteiger partial charge >= 0.3 is 5.97 Å². The second-order valence-corrected chi connectivity index (χ2v) is 10.4. The predicted octanol–water partition coefficient (Wildman–Crippen LogP) is 4.96. The average Bonchev–Trinajstić information content (AvgIpc) is 3.19. The summed E-state index contributed by atoms with van der Waals surface area (Å²) < 4.78 is 24.5. The fourth-order valence-corrected chi connectivity index (χ4v) is 6.30. The molecule has 32 heavy (non-hydrogen) atoms. The van der Waals surface area contributed by atoms with E-state index in [1.165, 1.54) is 30.6 Å². The fourth-order valence-electron chi connectivity index (χ4n) is 5.38. The maximum atomic E-state index is 13.8. The predicted molar refractivity (Wildman–Crippen MR) is 123 cm³/mol. The molecule has 1 heterocycles. The molecule has 2 bridgehead atoms. The summed E-state index contributed by atoms with van der Waals surface area (Å²) in [5.74, 6) is 0.601. The van der Waals surface area contributed by atoms with Gasteiger partial charge in [0.15, 0.2) is 0 Å². The molecule has 172 valence electrons. The molecule has 1 N–H and O–H groups in total. The van der Waals surface area contributed by atoms with Gasteiger partial charge in [0.25, 0.3) is 5.91 Å². The minimum atomic E-state index is -0.392. The average molecular weight is 460 g/mol. The number of allylic oxidation sites excluding steroid dienone is 1. The molecule has 1 aromatic heterocycles. The molecule has 3 aliphatic rings. The van der Waals surface area contributed by atoms with Crippen LogP contribution < -0.4 is 5.32 Å². The van der Waals surface area contributed by atoms with Crippen molar-refractivity contribution >= 4 is 33.3 Å². The Bertz CT molecular complexity index is 1030. The van der Waals surface area contributed by atoms with Crippen molar-refractivity contribution in [3.63, 3.8) is 0 Å². The number of esters is 1. The number of rotatable bonds is 8. The molecule has 0 aliphatic heterocycles. The normalized spacial score (nSPS) is 26.1. The third kappa shape index (κ3) is 4.46. The Labute approximate surface area is 192 Å². The molecule has 0 radical (unpaired) electrons. The smallest absolute Gasteiger partial charge is 0.331 e. The molecule has 0 unspecified atom stereocenters. The molecular weight excluding hydrogens is 429 g/mol. The lowest BCUT2D eigenvalue weighted by Gasteiger charge is -2.62. The zero-order chi connectivity index (χ0) is 22.9. The lowest BCUT2D eigenvalue weighted by atomic mass is 9.44. The largest absolute Gasteiger partial charge is 0.467 e. The molecular formula is C25H30FNO4S. The first-order chi connectivity index (χ1) is 15.3. The molecule has 3 aliphatic carbocycles. The summed E-state index contributed by atoms with van der Waals surface area (Å²) in [5, 5.41) is 5.82. The van der Waals surface area contributed by atoms with Crippen molar-refractivity contribution in [3.05, 3.63) is 47.1 Å². The second-order valence-electron chi connectivity index (χ2n) is 9.44. The highest BCUT2D eigenvalue weighted by Gasteiger charge is 2.57. The number of carbonyl (C=O) groups is 2. The fraction of sp³-hybridized carbons (Fsp3) is 0.520. The van der Waals surface area contributed by atoms with Crippen LogP contribution in [-0.4, -0.2) is 38.2 Å². The van der Waals surface area contributed by atoms with Crippen molar-refractivity contribution in [3.8, 4) is 0 Å². The maximum absolute atomic E-state index is 13.8. The standard InChI is InChI=1S/C25H30FNO4S/c1-25(2)16-10-15(6-4-5-9-31-13-22(28)30-3)23(20(25)11-16)27-24(29)19-14-32-21-8-7-17(26)12-18(19)21/h4-5,7-8,12,14-16,20,23H,6,9-11,13H2,1-3H3,(H,27,29)/b5-4-/t15-,16-,20-,23+/m0/s1. The Kier molecular flexibility index (Phi) is 6.67. The van der Waals surface area contributed by atoms with Gasteiger partial charge in [0.05, 0.1) is 19.3 Å². The molecule has 0 saturated heterocycles. The number of amides is 1. The molecule has 1 aromatic carbocycles. The first-order valence-corrected chi connectivity index (χ1v) is 12.0. The number of halogens is 1. The lowest BCUT2D eigenvalue weighted by molar-refractivity contribution is -0.145. The number of hydrogen-bond donors (Lipinski definition) is 1. The minimum Gasteiger partial charge on any atom is -0.467 e. The van der Waals surface area contributed by atoms with Gasteiger partial charge in [-0.05, 0) is 60.6 Å². The highest BCUT2D eigenvalue weighted by atomic mass is 32.1. The highest BCUT2D eigenvalue weighted by molar-refractivity contribution is 7.17. The van der Waals surface area contributed by atoms with E-state index >= 15 is 0 Å². The Balaban J connectivity index is 1.43. The summed E-state index contributed by atoms with van der Waals surface area (Å²) in [4.78, 5) is 24.3. The van der Waals surface area contributed by atoms with Crippen LogP contribution in [0.15, 0.2) is 35.7 Å². The van der Waals surface area contributed by atoms with Gasteiger partial charge in [0, 0.05) is 21.5 Å². The van der Waals surface area contributed by atoms with Crippen molar-refractivity contribution in [1.29, 1.82) is 0 Å². The van der Waals surface area contributed by atoms with Crippen LogP contribution >= 0.6 is 11.3 Å². The molecule has 2 aromatic rings. The topological polar surface area (TPSA) is 64.6 Å². The van der Waals surface area contributed by atoms with Crippen molar-refractivity contribution in [2.24, 2.45) is 23.2 Å². The van der Waals surface area contributed by atoms with Crippen molar-refractivity contribution in [2.45, 2.75) is 39.2 Å². The Morgan fingerprint density at radius 1 is 1.28 bits per heavy atom. The molecule has 1 amide bonds. The number of nitrogens with one attached hydrogen (secondary N) is 1. The summed E-state index contributed by atoms with van der Waals surface area (Å²) in [5.41, 5.74) is 0.763. The van der Waals surface area contributed by atoms with Crippen LogP contribution in [0.5, 0.6) is 0 Å². The molecule has 5 nitrogen and oxygen atoms in total. The van der Waals surface area contributed by atoms with Gasteiger partial charge in [0.2, 0.25) is 0 Å². The first kappa shape index (κ1) is 22.9. The quantitative estimate of drug-likeness (QED) is 0.344. The van der Waals surface area contributed by atoms with Crippen LogP contribution in [0.25, 0.3) is 10.1 Å². The number of carbonyl (C=O) groups excluding carboxylic acids is 2. The van der Waals surface area contributed by atoms with E-state index in [9.17, 15) is 14.0 Å². The van der Waals surface area contributed by atoms with Gasteiger partial charge in [-0.25, -0.2) is 9.18 Å². The highest BCUT2D eigenvalue weighted by Crippen LogP contribution is 2.61. The third-order valence-corrected chi connectivity index (χ3v) is 8.38. The number of fused-ring (bicyclic) bond motifs is 3. The molecule has 4 atom stereocenters. The van der Waals surface area contributed by atoms with Crippen LogP contribution in [0.4, 0.5) is 4.39 Å². The number of methoxy groups -OCH3 is 1. The van der Waals surface area contributed by atoms with E-state index in [0.29, 0.717) is 35.3 Å². The van der Waals surface area contributed by atoms with E-state index in [-0.39, 0.29) is 29.8 Å². The van der Waals surface area contributed by atoms with Crippen LogP contribution in [0, 0.1) is 29.0 Å². The monoisotopic (exact) mass is 459 g/mol. The van der Waals surface area contributed by atoms with Gasteiger partial charge < -0.3 is 14.8 Å². The molecule has 3 saturated carbocycles. The van der Waals surface area contributed by atoms with E-state index in [0.717, 1.165) is 24.0 Å². The van der Waals surface area contributed by atoms with Gasteiger partial charge in [-0.2, -0.15) is 0 Å². The van der Waals surface area contributed by atoms with Gasteiger partial charge in [-0.15, -0.1) is 11.3 Å². The Morgan fingerprint density at radius 3 is 2.84 bits per heavy atom. The van der Waals surface area contributed by atoms with Gasteiger partial charge in [-0.3, -0.25) is 4.79 Å². The Hall–Kier alpha value is -2.25. The molecule has 0 spiro atoms. The number of benzene rings is 1. The summed E-state index contributed by atoms with van der Waals surface area (Å²) in [6, 6.07) is 4.67. The van der Waals surface area contributed by atoms with E-state index in [2.05, 4.69) is 30.0 Å². The van der Waals surface area contributed by atoms with Crippen LogP contribution in [0.2, 0.25) is 0 Å². The summed E-state index contributed by atoms with van der Waals surface area (Å²) in [7, 11) is 1.33. The van der Waals surface area contributed by atoms with Gasteiger partial charge in [0.1, 0.15) is 12.4 Å². The van der Waals surface area contributed by atoms with Crippen LogP contribution in [0.1, 0.15) is 43.5 Å². The second kappa shape index (κ2) is 9.32. The van der Waals surface area contributed by atoms with Crippen LogP contribution in [0.3, 0.4) is 0 Å². The summed E-state index contributed by atoms with van der Waals surface area (Å²) in [6.45, 7) is 4.89. The maximum Gasteiger partial charge on any atom is 0.331 e. The number of hydrogen-bond acceptors (Lipinski definition) is 5. The summed E-state index contributed by atoms with van der Waals surface area (Å²) in [6.07, 6.45) is 7.05. The van der Waals surface area contributed by atoms with E-state index in [1.54, 1.807) is 6.07 Å². The van der Waals surface area contributed by atoms with E-state index in [4.69, 9.17) is 4.74 Å². The van der Waals surface area contributed by atoms with Gasteiger partial charge in [-0.1, -0.05) is 26.0 Å². The zero-order valence-corrected chi connectivity index (χ0v) is 19.5. The first-order valence-electron chi connectivity index (χ1n) is 11.1. The SMILES string of the molecule is COC(=O)COC/C=C\C[C@H]1C[C@H]2C[C@@H]([C@@H]1NC(=O)c1csc3ccc(F)cc13)C2(C)C. The molecule has 5 rings (SSSR count). The van der Waals surface area contributed by atoms with E-state index in [1.807, 2.05) is 11.5 Å². The lowest BCUT2D eigenvalue weighted by Crippen LogP contribution is -2.63. The summed E-state index contributed by atoms with van der Waals surface area (Å²) >= 11 is 1.46. The number of thiophene rings is 1. The van der Waals surface area contributed by atoms with Crippen LogP contribution in [-0.2, 0) is 14.3 Å². The van der Waals surface area contributed by atoms with E-state index < -0.39 is 5.97 Å². The molecule has 3 fully saturated rings. The zero-order valence-electron chi connectivity index (χ0n) is 18.7. The van der Waals surface area contributed by atoms with Crippen molar-refractivity contribution in [2.75, 3.05) is 20.3 Å². The third-order valence-electron chi connectivity index (χ3n) is 7.42. The number of ether oxygens (including phenoxy) is 2. The Morgan fingerprint density at radius 2 is 2.09 bits per heavy atom. The van der Waals surface area contributed by atoms with Crippen molar-refractivity contribution < 1.29 is 23.5 Å².